The average molecular weight is 281 g/mol. The third-order valence-corrected chi connectivity index (χ3v) is 2.85. The van der Waals surface area contributed by atoms with Crippen LogP contribution >= 0.6 is 0 Å². The van der Waals surface area contributed by atoms with Gasteiger partial charge >= 0.3 is 6.18 Å². The summed E-state index contributed by atoms with van der Waals surface area (Å²) in [6.45, 7) is 0.320. The number of alkyl halides is 3. The van der Waals surface area contributed by atoms with Crippen LogP contribution in [0.4, 0.5) is 24.7 Å². The molecule has 20 heavy (non-hydrogen) atoms. The molecule has 0 aliphatic rings. The molecular formula is C14H14F3N3. The highest BCUT2D eigenvalue weighted by Crippen LogP contribution is 2.35. The molecule has 2 aromatic rings. The zero-order chi connectivity index (χ0) is 14.8. The van der Waals surface area contributed by atoms with Crippen LogP contribution in [0.25, 0.3) is 0 Å². The first kappa shape index (κ1) is 14.2. The predicted octanol–water partition coefficient (Wildman–Crippen LogP) is 3.32. The standard InChI is InChI=1S/C14H14F3N3/c1-20(9-10-4-6-11(18)7-5-10)13-12(14(15,16)17)3-2-8-19-13/h2-8H,9,18H2,1H3. The van der Waals surface area contributed by atoms with Gasteiger partial charge in [-0.3, -0.25) is 0 Å². The van der Waals surface area contributed by atoms with Crippen molar-refractivity contribution in [3.63, 3.8) is 0 Å². The summed E-state index contributed by atoms with van der Waals surface area (Å²) in [4.78, 5) is 5.31. The molecule has 0 aliphatic carbocycles. The molecule has 0 saturated carbocycles. The van der Waals surface area contributed by atoms with Gasteiger partial charge in [0.1, 0.15) is 5.82 Å². The van der Waals surface area contributed by atoms with Crippen molar-refractivity contribution in [3.8, 4) is 0 Å². The molecule has 0 fully saturated rings. The monoisotopic (exact) mass is 281 g/mol. The molecule has 6 heteroatoms. The zero-order valence-corrected chi connectivity index (χ0v) is 10.9. The van der Waals surface area contributed by atoms with Gasteiger partial charge in [-0.1, -0.05) is 12.1 Å². The van der Waals surface area contributed by atoms with Crippen molar-refractivity contribution in [1.29, 1.82) is 0 Å². The van der Waals surface area contributed by atoms with Gasteiger partial charge in [-0.05, 0) is 29.8 Å². The maximum atomic E-state index is 12.9. The molecule has 0 saturated heterocycles. The smallest absolute Gasteiger partial charge is 0.399 e. The number of hydrogen-bond donors (Lipinski definition) is 1. The predicted molar refractivity (Wildman–Crippen MR) is 72.2 cm³/mol. The maximum Gasteiger partial charge on any atom is 0.419 e. The number of hydrogen-bond acceptors (Lipinski definition) is 3. The summed E-state index contributed by atoms with van der Waals surface area (Å²) in [7, 11) is 1.58. The molecule has 0 bridgehead atoms. The van der Waals surface area contributed by atoms with E-state index >= 15 is 0 Å². The molecular weight excluding hydrogens is 267 g/mol. The maximum absolute atomic E-state index is 12.9. The van der Waals surface area contributed by atoms with E-state index in [1.165, 1.54) is 17.2 Å². The van der Waals surface area contributed by atoms with Crippen LogP contribution in [0.3, 0.4) is 0 Å². The van der Waals surface area contributed by atoms with Crippen LogP contribution in [0.1, 0.15) is 11.1 Å². The van der Waals surface area contributed by atoms with Gasteiger partial charge in [0.2, 0.25) is 0 Å². The topological polar surface area (TPSA) is 42.1 Å². The van der Waals surface area contributed by atoms with E-state index in [4.69, 9.17) is 5.73 Å². The number of anilines is 2. The first-order chi connectivity index (χ1) is 9.38. The highest BCUT2D eigenvalue weighted by atomic mass is 19.4. The highest BCUT2D eigenvalue weighted by molar-refractivity contribution is 5.49. The van der Waals surface area contributed by atoms with E-state index in [2.05, 4.69) is 4.98 Å². The van der Waals surface area contributed by atoms with Gasteiger partial charge in [-0.25, -0.2) is 4.98 Å². The van der Waals surface area contributed by atoms with Gasteiger partial charge in [0.25, 0.3) is 0 Å². The Bertz CT molecular complexity index is 579. The Morgan fingerprint density at radius 3 is 2.40 bits per heavy atom. The summed E-state index contributed by atoms with van der Waals surface area (Å²) >= 11 is 0. The Kier molecular flexibility index (Phi) is 3.83. The van der Waals surface area contributed by atoms with Crippen LogP contribution in [-0.4, -0.2) is 12.0 Å². The number of rotatable bonds is 3. The van der Waals surface area contributed by atoms with Gasteiger partial charge in [0.15, 0.2) is 0 Å². The van der Waals surface area contributed by atoms with Crippen molar-refractivity contribution in [2.75, 3.05) is 17.7 Å². The van der Waals surface area contributed by atoms with Crippen molar-refractivity contribution < 1.29 is 13.2 Å². The molecule has 1 aromatic carbocycles. The number of nitrogens with zero attached hydrogens (tertiary/aromatic N) is 2. The van der Waals surface area contributed by atoms with E-state index in [0.717, 1.165) is 11.6 Å². The van der Waals surface area contributed by atoms with E-state index in [1.807, 2.05) is 0 Å². The lowest BCUT2D eigenvalue weighted by Crippen LogP contribution is -2.22. The van der Waals surface area contributed by atoms with Crippen molar-refractivity contribution in [2.45, 2.75) is 12.7 Å². The molecule has 0 aliphatic heterocycles. The van der Waals surface area contributed by atoms with Crippen LogP contribution in [0.2, 0.25) is 0 Å². The fourth-order valence-electron chi connectivity index (χ4n) is 1.89. The third kappa shape index (κ3) is 3.20. The van der Waals surface area contributed by atoms with Gasteiger partial charge in [0.05, 0.1) is 5.56 Å². The van der Waals surface area contributed by atoms with Crippen molar-refractivity contribution in [1.82, 2.24) is 4.98 Å². The Labute approximate surface area is 114 Å². The van der Waals surface area contributed by atoms with Gasteiger partial charge in [0, 0.05) is 25.5 Å². The number of benzene rings is 1. The summed E-state index contributed by atoms with van der Waals surface area (Å²) in [5, 5.41) is 0. The lowest BCUT2D eigenvalue weighted by molar-refractivity contribution is -0.137. The molecule has 1 heterocycles. The molecule has 0 radical (unpaired) electrons. The second-order valence-corrected chi connectivity index (χ2v) is 4.47. The van der Waals surface area contributed by atoms with Crippen LogP contribution < -0.4 is 10.6 Å². The summed E-state index contributed by atoms with van der Waals surface area (Å²) in [6, 6.07) is 9.30. The van der Waals surface area contributed by atoms with E-state index in [-0.39, 0.29) is 5.82 Å². The minimum atomic E-state index is -4.42. The number of nitrogens with two attached hydrogens (primary N) is 1. The minimum absolute atomic E-state index is 0.0863. The first-order valence-electron chi connectivity index (χ1n) is 5.95. The van der Waals surface area contributed by atoms with Crippen LogP contribution in [-0.2, 0) is 12.7 Å². The molecule has 0 amide bonds. The summed E-state index contributed by atoms with van der Waals surface area (Å²) in [5.41, 5.74) is 6.31. The molecule has 3 nitrogen and oxygen atoms in total. The lowest BCUT2D eigenvalue weighted by atomic mass is 10.2. The summed E-state index contributed by atoms with van der Waals surface area (Å²) in [6.07, 6.45) is -3.07. The van der Waals surface area contributed by atoms with Gasteiger partial charge in [-0.2, -0.15) is 13.2 Å². The van der Waals surface area contributed by atoms with E-state index in [0.29, 0.717) is 12.2 Å². The van der Waals surface area contributed by atoms with E-state index < -0.39 is 11.7 Å². The summed E-state index contributed by atoms with van der Waals surface area (Å²) < 4.78 is 38.8. The highest BCUT2D eigenvalue weighted by Gasteiger charge is 2.35. The SMILES string of the molecule is CN(Cc1ccc(N)cc1)c1ncccc1C(F)(F)F. The van der Waals surface area contributed by atoms with E-state index in [1.54, 1.807) is 31.3 Å². The fraction of sp³-hybridized carbons (Fsp3) is 0.214. The third-order valence-electron chi connectivity index (χ3n) is 2.85. The van der Waals surface area contributed by atoms with Crippen molar-refractivity contribution in [2.24, 2.45) is 0 Å². The number of halogens is 3. The quantitative estimate of drug-likeness (QED) is 0.878. The molecule has 1 aromatic heterocycles. The first-order valence-corrected chi connectivity index (χ1v) is 5.95. The Balaban J connectivity index is 2.25. The van der Waals surface area contributed by atoms with Crippen molar-refractivity contribution >= 4 is 11.5 Å². The number of nitrogen functional groups attached to an aromatic ring is 1. The van der Waals surface area contributed by atoms with Crippen molar-refractivity contribution in [3.05, 3.63) is 53.7 Å². The summed E-state index contributed by atoms with van der Waals surface area (Å²) in [5.74, 6) is -0.0863. The van der Waals surface area contributed by atoms with E-state index in [9.17, 15) is 13.2 Å². The Morgan fingerprint density at radius 2 is 1.80 bits per heavy atom. The molecule has 0 atom stereocenters. The lowest BCUT2D eigenvalue weighted by Gasteiger charge is -2.22. The van der Waals surface area contributed by atoms with Crippen LogP contribution in [0, 0.1) is 0 Å². The normalized spacial score (nSPS) is 11.4. The number of aromatic nitrogens is 1. The molecule has 106 valence electrons. The second kappa shape index (κ2) is 5.40. The average Bonchev–Trinajstić information content (AvgIpc) is 2.40. The second-order valence-electron chi connectivity index (χ2n) is 4.47. The minimum Gasteiger partial charge on any atom is -0.399 e. The Morgan fingerprint density at radius 1 is 1.15 bits per heavy atom. The molecule has 2 rings (SSSR count). The van der Waals surface area contributed by atoms with Crippen LogP contribution in [0.5, 0.6) is 0 Å². The zero-order valence-electron chi connectivity index (χ0n) is 10.9. The molecule has 0 unspecified atom stereocenters. The van der Waals surface area contributed by atoms with Gasteiger partial charge in [-0.15, -0.1) is 0 Å². The van der Waals surface area contributed by atoms with Crippen LogP contribution in [0.15, 0.2) is 42.6 Å². The molecule has 0 spiro atoms. The molecule has 2 N–H and O–H groups in total. The largest absolute Gasteiger partial charge is 0.419 e. The van der Waals surface area contributed by atoms with Gasteiger partial charge < -0.3 is 10.6 Å². The Hall–Kier alpha value is -2.24. The number of pyridine rings is 1. The fourth-order valence-corrected chi connectivity index (χ4v) is 1.89.